The fourth-order valence-corrected chi connectivity index (χ4v) is 2.58. The zero-order valence-electron chi connectivity index (χ0n) is 12.0. The van der Waals surface area contributed by atoms with E-state index in [1.54, 1.807) is 32.4 Å². The summed E-state index contributed by atoms with van der Waals surface area (Å²) in [4.78, 5) is 12.2. The third-order valence-electron chi connectivity index (χ3n) is 3.75. The van der Waals surface area contributed by atoms with E-state index in [2.05, 4.69) is 5.32 Å². The Kier molecular flexibility index (Phi) is 4.84. The van der Waals surface area contributed by atoms with Gasteiger partial charge in [-0.25, -0.2) is 0 Å². The third kappa shape index (κ3) is 3.63. The van der Waals surface area contributed by atoms with Gasteiger partial charge < -0.3 is 20.5 Å². The molecule has 5 heteroatoms. The van der Waals surface area contributed by atoms with Gasteiger partial charge in [-0.05, 0) is 37.3 Å². The molecule has 0 heterocycles. The zero-order chi connectivity index (χ0) is 14.5. The van der Waals surface area contributed by atoms with E-state index in [-0.39, 0.29) is 11.9 Å². The van der Waals surface area contributed by atoms with Gasteiger partial charge in [-0.2, -0.15) is 0 Å². The van der Waals surface area contributed by atoms with E-state index in [0.717, 1.165) is 19.3 Å². The molecule has 0 bridgehead atoms. The van der Waals surface area contributed by atoms with E-state index in [4.69, 9.17) is 15.2 Å². The average Bonchev–Trinajstić information content (AvgIpc) is 2.89. The molecule has 0 aliphatic heterocycles. The van der Waals surface area contributed by atoms with Gasteiger partial charge in [0.25, 0.3) is 5.91 Å². The van der Waals surface area contributed by atoms with Crippen LogP contribution in [-0.4, -0.2) is 32.7 Å². The number of hydrogen-bond acceptors (Lipinski definition) is 4. The molecular weight excluding hydrogens is 256 g/mol. The van der Waals surface area contributed by atoms with Crippen LogP contribution in [0.1, 0.15) is 29.6 Å². The molecule has 2 atom stereocenters. The van der Waals surface area contributed by atoms with Crippen molar-refractivity contribution in [2.75, 3.05) is 20.8 Å². The first-order chi connectivity index (χ1) is 9.62. The lowest BCUT2D eigenvalue weighted by Gasteiger charge is -2.12. The Labute approximate surface area is 119 Å². The molecule has 1 aliphatic rings. The Morgan fingerprint density at radius 2 is 1.90 bits per heavy atom. The summed E-state index contributed by atoms with van der Waals surface area (Å²) in [6.07, 6.45) is 3.12. The number of methoxy groups -OCH3 is 2. The molecule has 2 rings (SSSR count). The van der Waals surface area contributed by atoms with Crippen molar-refractivity contribution >= 4 is 5.91 Å². The number of ether oxygens (including phenoxy) is 2. The highest BCUT2D eigenvalue weighted by molar-refractivity contribution is 5.95. The quantitative estimate of drug-likeness (QED) is 0.857. The fraction of sp³-hybridized carbons (Fsp3) is 0.533. The van der Waals surface area contributed by atoms with E-state index in [1.807, 2.05) is 0 Å². The van der Waals surface area contributed by atoms with Gasteiger partial charge in [0.2, 0.25) is 0 Å². The van der Waals surface area contributed by atoms with Crippen LogP contribution in [0.3, 0.4) is 0 Å². The molecule has 0 aromatic heterocycles. The van der Waals surface area contributed by atoms with Gasteiger partial charge in [0.05, 0.1) is 14.2 Å². The first-order valence-corrected chi connectivity index (χ1v) is 6.89. The second-order valence-electron chi connectivity index (χ2n) is 5.25. The van der Waals surface area contributed by atoms with Crippen molar-refractivity contribution in [1.29, 1.82) is 0 Å². The average molecular weight is 278 g/mol. The highest BCUT2D eigenvalue weighted by Gasteiger charge is 2.22. The largest absolute Gasteiger partial charge is 0.497 e. The van der Waals surface area contributed by atoms with Crippen LogP contribution < -0.4 is 20.5 Å². The molecule has 5 nitrogen and oxygen atoms in total. The molecule has 1 aliphatic carbocycles. The Hall–Kier alpha value is -1.75. The number of nitrogens with two attached hydrogens (primary N) is 1. The third-order valence-corrected chi connectivity index (χ3v) is 3.75. The maximum absolute atomic E-state index is 12.2. The lowest BCUT2D eigenvalue weighted by molar-refractivity contribution is 0.0946. The van der Waals surface area contributed by atoms with Crippen molar-refractivity contribution < 1.29 is 14.3 Å². The summed E-state index contributed by atoms with van der Waals surface area (Å²) < 4.78 is 10.3. The topological polar surface area (TPSA) is 73.6 Å². The molecule has 0 spiro atoms. The van der Waals surface area contributed by atoms with E-state index in [0.29, 0.717) is 29.5 Å². The van der Waals surface area contributed by atoms with E-state index < -0.39 is 0 Å². The number of amides is 1. The fourth-order valence-electron chi connectivity index (χ4n) is 2.58. The van der Waals surface area contributed by atoms with Crippen molar-refractivity contribution in [1.82, 2.24) is 5.32 Å². The van der Waals surface area contributed by atoms with Crippen LogP contribution in [0.5, 0.6) is 11.5 Å². The Bertz CT molecular complexity index is 454. The first-order valence-electron chi connectivity index (χ1n) is 6.89. The van der Waals surface area contributed by atoms with Gasteiger partial charge in [0, 0.05) is 24.2 Å². The van der Waals surface area contributed by atoms with E-state index in [9.17, 15) is 4.79 Å². The number of hydrogen-bond donors (Lipinski definition) is 2. The van der Waals surface area contributed by atoms with Crippen LogP contribution in [0, 0.1) is 5.92 Å². The van der Waals surface area contributed by atoms with Crippen LogP contribution in [0.4, 0.5) is 0 Å². The van der Waals surface area contributed by atoms with Crippen LogP contribution in [0.15, 0.2) is 18.2 Å². The van der Waals surface area contributed by atoms with Gasteiger partial charge in [-0.1, -0.05) is 0 Å². The molecular formula is C15H22N2O3. The highest BCUT2D eigenvalue weighted by atomic mass is 16.5. The second kappa shape index (κ2) is 6.61. The Morgan fingerprint density at radius 1 is 1.25 bits per heavy atom. The molecule has 1 amide bonds. The maximum Gasteiger partial charge on any atom is 0.251 e. The van der Waals surface area contributed by atoms with Gasteiger partial charge >= 0.3 is 0 Å². The number of benzene rings is 1. The summed E-state index contributed by atoms with van der Waals surface area (Å²) in [7, 11) is 3.13. The van der Waals surface area contributed by atoms with Crippen molar-refractivity contribution in [3.05, 3.63) is 23.8 Å². The summed E-state index contributed by atoms with van der Waals surface area (Å²) in [6.45, 7) is 0.673. The van der Waals surface area contributed by atoms with E-state index in [1.165, 1.54) is 0 Å². The molecule has 1 aromatic carbocycles. The number of nitrogens with one attached hydrogen (secondary N) is 1. The minimum atomic E-state index is -0.109. The number of carbonyl (C=O) groups is 1. The van der Waals surface area contributed by atoms with Crippen LogP contribution in [-0.2, 0) is 0 Å². The molecule has 110 valence electrons. The van der Waals surface area contributed by atoms with Gasteiger partial charge in [-0.15, -0.1) is 0 Å². The van der Waals surface area contributed by atoms with Crippen molar-refractivity contribution in [3.8, 4) is 11.5 Å². The van der Waals surface area contributed by atoms with Gasteiger partial charge in [-0.3, -0.25) is 4.79 Å². The van der Waals surface area contributed by atoms with Gasteiger partial charge in [0.15, 0.2) is 0 Å². The van der Waals surface area contributed by atoms with Crippen LogP contribution in [0.2, 0.25) is 0 Å². The van der Waals surface area contributed by atoms with Gasteiger partial charge in [0.1, 0.15) is 11.5 Å². The smallest absolute Gasteiger partial charge is 0.251 e. The summed E-state index contributed by atoms with van der Waals surface area (Å²) in [5.41, 5.74) is 6.42. The molecule has 1 aromatic rings. The minimum Gasteiger partial charge on any atom is -0.497 e. The summed E-state index contributed by atoms with van der Waals surface area (Å²) >= 11 is 0. The highest BCUT2D eigenvalue weighted by Crippen LogP contribution is 2.24. The van der Waals surface area contributed by atoms with Crippen LogP contribution in [0.25, 0.3) is 0 Å². The lowest BCUT2D eigenvalue weighted by atomic mass is 10.1. The predicted octanol–water partition coefficient (Wildman–Crippen LogP) is 1.56. The standard InChI is InChI=1S/C15H22N2O3/c1-19-13-6-11(7-14(8-13)20-2)15(18)17-9-10-3-4-12(16)5-10/h6-8,10,12H,3-5,9,16H2,1-2H3,(H,17,18). The molecule has 0 radical (unpaired) electrons. The Balaban J connectivity index is 1.97. The molecule has 1 fully saturated rings. The molecule has 3 N–H and O–H groups in total. The summed E-state index contributed by atoms with van der Waals surface area (Å²) in [5.74, 6) is 1.60. The molecule has 2 unspecified atom stereocenters. The first kappa shape index (κ1) is 14.7. The summed E-state index contributed by atoms with van der Waals surface area (Å²) in [5, 5.41) is 2.96. The zero-order valence-corrected chi connectivity index (χ0v) is 12.0. The Morgan fingerprint density at radius 3 is 2.40 bits per heavy atom. The summed E-state index contributed by atoms with van der Waals surface area (Å²) in [6, 6.07) is 5.44. The van der Waals surface area contributed by atoms with Crippen LogP contribution >= 0.6 is 0 Å². The normalized spacial score (nSPS) is 21.6. The SMILES string of the molecule is COc1cc(OC)cc(C(=O)NCC2CCC(N)C2)c1. The molecule has 0 saturated heterocycles. The van der Waals surface area contributed by atoms with Crippen molar-refractivity contribution in [2.45, 2.75) is 25.3 Å². The monoisotopic (exact) mass is 278 g/mol. The van der Waals surface area contributed by atoms with E-state index >= 15 is 0 Å². The molecule has 1 saturated carbocycles. The second-order valence-corrected chi connectivity index (χ2v) is 5.25. The predicted molar refractivity (Wildman–Crippen MR) is 77.2 cm³/mol. The minimum absolute atomic E-state index is 0.109. The van der Waals surface area contributed by atoms with Crippen molar-refractivity contribution in [3.63, 3.8) is 0 Å². The molecule has 20 heavy (non-hydrogen) atoms. The number of carbonyl (C=O) groups excluding carboxylic acids is 1. The number of rotatable bonds is 5. The maximum atomic E-state index is 12.2. The lowest BCUT2D eigenvalue weighted by Crippen LogP contribution is -2.29. The van der Waals surface area contributed by atoms with Crippen molar-refractivity contribution in [2.24, 2.45) is 11.7 Å².